The van der Waals surface area contributed by atoms with E-state index in [1.54, 1.807) is 0 Å². The fraction of sp³-hybridized carbons (Fsp3) is 0.435. The predicted octanol–water partition coefficient (Wildman–Crippen LogP) is 2.97. The van der Waals surface area contributed by atoms with Crippen LogP contribution in [-0.4, -0.2) is 49.7 Å². The van der Waals surface area contributed by atoms with Crippen molar-refractivity contribution in [1.29, 1.82) is 0 Å². The Balaban J connectivity index is 1.59. The average molecular weight is 364 g/mol. The second-order valence-electron chi connectivity index (χ2n) is 7.63. The van der Waals surface area contributed by atoms with Crippen LogP contribution in [0.2, 0.25) is 0 Å². The molecule has 0 aliphatic carbocycles. The molecule has 2 aliphatic rings. The summed E-state index contributed by atoms with van der Waals surface area (Å²) < 4.78 is 5.75. The zero-order chi connectivity index (χ0) is 18.5. The standard InChI is InChI=1S/C23H28N2O2/c26-22(16-21-17-24-13-15-27-21)25-14-7-12-23(18-25,19-8-3-1-4-9-19)20-10-5-2-6-11-20/h1-6,8-11,21,24H,7,12-18H2/t21-/m0/s1. The highest BCUT2D eigenvalue weighted by atomic mass is 16.5. The molecule has 0 aromatic heterocycles. The number of morpholine rings is 1. The third-order valence-electron chi connectivity index (χ3n) is 5.90. The van der Waals surface area contributed by atoms with E-state index >= 15 is 0 Å². The lowest BCUT2D eigenvalue weighted by Gasteiger charge is -2.44. The molecule has 2 fully saturated rings. The van der Waals surface area contributed by atoms with Crippen LogP contribution in [0.25, 0.3) is 0 Å². The van der Waals surface area contributed by atoms with Gasteiger partial charge in [-0.3, -0.25) is 4.79 Å². The number of nitrogens with zero attached hydrogens (tertiary/aromatic N) is 1. The van der Waals surface area contributed by atoms with Gasteiger partial charge in [-0.1, -0.05) is 60.7 Å². The van der Waals surface area contributed by atoms with Gasteiger partial charge >= 0.3 is 0 Å². The minimum absolute atomic E-state index is 0.00368. The van der Waals surface area contributed by atoms with Crippen molar-refractivity contribution in [3.05, 3.63) is 71.8 Å². The van der Waals surface area contributed by atoms with Crippen molar-refractivity contribution in [2.24, 2.45) is 0 Å². The molecule has 0 bridgehead atoms. The third kappa shape index (κ3) is 3.92. The fourth-order valence-corrected chi connectivity index (χ4v) is 4.50. The molecule has 2 saturated heterocycles. The minimum atomic E-state index is -0.137. The number of likely N-dealkylation sites (tertiary alicyclic amines) is 1. The monoisotopic (exact) mass is 364 g/mol. The van der Waals surface area contributed by atoms with Crippen molar-refractivity contribution >= 4 is 5.91 Å². The van der Waals surface area contributed by atoms with Crippen LogP contribution in [-0.2, 0) is 14.9 Å². The third-order valence-corrected chi connectivity index (χ3v) is 5.90. The Hall–Kier alpha value is -2.17. The summed E-state index contributed by atoms with van der Waals surface area (Å²) >= 11 is 0. The van der Waals surface area contributed by atoms with Gasteiger partial charge in [0, 0.05) is 31.6 Å². The van der Waals surface area contributed by atoms with Gasteiger partial charge in [-0.05, 0) is 24.0 Å². The number of ether oxygens (including phenoxy) is 1. The summed E-state index contributed by atoms with van der Waals surface area (Å²) in [6.07, 6.45) is 2.54. The lowest BCUT2D eigenvalue weighted by molar-refractivity contribution is -0.136. The highest BCUT2D eigenvalue weighted by Crippen LogP contribution is 2.40. The zero-order valence-electron chi connectivity index (χ0n) is 15.8. The van der Waals surface area contributed by atoms with Crippen LogP contribution < -0.4 is 5.32 Å². The van der Waals surface area contributed by atoms with E-state index in [0.29, 0.717) is 13.0 Å². The average Bonchev–Trinajstić information content (AvgIpc) is 2.76. The predicted molar refractivity (Wildman–Crippen MR) is 107 cm³/mol. The number of carbonyl (C=O) groups excluding carboxylic acids is 1. The van der Waals surface area contributed by atoms with Gasteiger partial charge in [-0.15, -0.1) is 0 Å². The van der Waals surface area contributed by atoms with Gasteiger partial charge in [-0.2, -0.15) is 0 Å². The van der Waals surface area contributed by atoms with E-state index in [9.17, 15) is 4.79 Å². The maximum Gasteiger partial charge on any atom is 0.225 e. The smallest absolute Gasteiger partial charge is 0.225 e. The van der Waals surface area contributed by atoms with Crippen molar-refractivity contribution in [3.8, 4) is 0 Å². The maximum absolute atomic E-state index is 13.0. The molecule has 0 radical (unpaired) electrons. The first-order chi connectivity index (χ1) is 13.3. The van der Waals surface area contributed by atoms with E-state index in [1.807, 2.05) is 0 Å². The molecular formula is C23H28N2O2. The van der Waals surface area contributed by atoms with E-state index in [1.165, 1.54) is 11.1 Å². The summed E-state index contributed by atoms with van der Waals surface area (Å²) in [4.78, 5) is 15.1. The first kappa shape index (κ1) is 18.2. The largest absolute Gasteiger partial charge is 0.375 e. The molecular weight excluding hydrogens is 336 g/mol. The summed E-state index contributed by atoms with van der Waals surface area (Å²) in [5, 5.41) is 3.32. The van der Waals surface area contributed by atoms with Gasteiger partial charge in [-0.25, -0.2) is 0 Å². The van der Waals surface area contributed by atoms with E-state index in [4.69, 9.17) is 4.74 Å². The maximum atomic E-state index is 13.0. The molecule has 0 spiro atoms. The lowest BCUT2D eigenvalue weighted by Crippen LogP contribution is -2.50. The molecule has 2 heterocycles. The second kappa shape index (κ2) is 8.24. The van der Waals surface area contributed by atoms with Gasteiger partial charge in [0.15, 0.2) is 0 Å². The van der Waals surface area contributed by atoms with Gasteiger partial charge in [0.1, 0.15) is 0 Å². The van der Waals surface area contributed by atoms with Gasteiger partial charge in [0.2, 0.25) is 5.91 Å². The summed E-state index contributed by atoms with van der Waals surface area (Å²) in [6.45, 7) is 3.90. The van der Waals surface area contributed by atoms with Crippen molar-refractivity contribution in [2.45, 2.75) is 30.8 Å². The number of benzene rings is 2. The molecule has 2 aromatic carbocycles. The molecule has 0 saturated carbocycles. The number of nitrogens with one attached hydrogen (secondary N) is 1. The minimum Gasteiger partial charge on any atom is -0.375 e. The Kier molecular flexibility index (Phi) is 5.55. The first-order valence-electron chi connectivity index (χ1n) is 9.99. The summed E-state index contributed by atoms with van der Waals surface area (Å²) in [5.74, 6) is 0.208. The molecule has 1 amide bonds. The molecule has 4 nitrogen and oxygen atoms in total. The molecule has 1 atom stereocenters. The van der Waals surface area contributed by atoms with Crippen LogP contribution in [0.3, 0.4) is 0 Å². The quantitative estimate of drug-likeness (QED) is 0.907. The number of hydrogen-bond donors (Lipinski definition) is 1. The van der Waals surface area contributed by atoms with Crippen molar-refractivity contribution < 1.29 is 9.53 Å². The van der Waals surface area contributed by atoms with Gasteiger partial charge in [0.05, 0.1) is 19.1 Å². The second-order valence-corrected chi connectivity index (χ2v) is 7.63. The molecule has 1 N–H and O–H groups in total. The van der Waals surface area contributed by atoms with Crippen LogP contribution in [0.15, 0.2) is 60.7 Å². The highest BCUT2D eigenvalue weighted by Gasteiger charge is 2.40. The van der Waals surface area contributed by atoms with Gasteiger partial charge in [0.25, 0.3) is 0 Å². The number of rotatable bonds is 4. The van der Waals surface area contributed by atoms with Crippen molar-refractivity contribution in [2.75, 3.05) is 32.8 Å². The molecule has 4 heteroatoms. The van der Waals surface area contributed by atoms with E-state index in [0.717, 1.165) is 39.0 Å². The van der Waals surface area contributed by atoms with Crippen LogP contribution in [0.1, 0.15) is 30.4 Å². The lowest BCUT2D eigenvalue weighted by atomic mass is 9.69. The van der Waals surface area contributed by atoms with Crippen LogP contribution in [0.5, 0.6) is 0 Å². The van der Waals surface area contributed by atoms with E-state index < -0.39 is 0 Å². The Bertz CT molecular complexity index is 702. The summed E-state index contributed by atoms with van der Waals surface area (Å²) in [7, 11) is 0. The van der Waals surface area contributed by atoms with Crippen LogP contribution in [0.4, 0.5) is 0 Å². The zero-order valence-corrected chi connectivity index (χ0v) is 15.8. The SMILES string of the molecule is O=C(C[C@H]1CNCCO1)N1CCCC(c2ccccc2)(c2ccccc2)C1. The van der Waals surface area contributed by atoms with Gasteiger partial charge < -0.3 is 15.0 Å². The molecule has 4 rings (SSSR count). The topological polar surface area (TPSA) is 41.6 Å². The van der Waals surface area contributed by atoms with Crippen molar-refractivity contribution in [3.63, 3.8) is 0 Å². The molecule has 2 aliphatic heterocycles. The molecule has 0 unspecified atom stereocenters. The summed E-state index contributed by atoms with van der Waals surface area (Å²) in [5.41, 5.74) is 2.45. The summed E-state index contributed by atoms with van der Waals surface area (Å²) in [6, 6.07) is 21.3. The van der Waals surface area contributed by atoms with Crippen molar-refractivity contribution in [1.82, 2.24) is 10.2 Å². The molecule has 142 valence electrons. The Morgan fingerprint density at radius 2 is 1.74 bits per heavy atom. The number of hydrogen-bond acceptors (Lipinski definition) is 3. The number of carbonyl (C=O) groups is 1. The Morgan fingerprint density at radius 1 is 1.07 bits per heavy atom. The number of amides is 1. The normalized spacial score (nSPS) is 22.4. The Labute approximate surface area is 161 Å². The van der Waals surface area contributed by atoms with Crippen LogP contribution >= 0.6 is 0 Å². The van der Waals surface area contributed by atoms with Crippen LogP contribution in [0, 0.1) is 0 Å². The molecule has 27 heavy (non-hydrogen) atoms. The Morgan fingerprint density at radius 3 is 2.33 bits per heavy atom. The molecule has 2 aromatic rings. The van der Waals surface area contributed by atoms with E-state index in [2.05, 4.69) is 70.9 Å². The first-order valence-corrected chi connectivity index (χ1v) is 9.99. The van der Waals surface area contributed by atoms with E-state index in [-0.39, 0.29) is 17.4 Å². The highest BCUT2D eigenvalue weighted by molar-refractivity contribution is 5.77. The number of piperidine rings is 1. The fourth-order valence-electron chi connectivity index (χ4n) is 4.50.